The Hall–Kier alpha value is -2.95. The van der Waals surface area contributed by atoms with E-state index >= 15 is 0 Å². The monoisotopic (exact) mass is 494 g/mol. The molecular formula is C27H28ClFN4O2. The number of rotatable bonds is 7. The lowest BCUT2D eigenvalue weighted by Gasteiger charge is -2.25. The lowest BCUT2D eigenvalue weighted by atomic mass is 10.0. The number of hydrogen-bond acceptors (Lipinski definition) is 4. The Morgan fingerprint density at radius 3 is 2.37 bits per heavy atom. The van der Waals surface area contributed by atoms with Crippen molar-refractivity contribution in [3.05, 3.63) is 70.5 Å². The number of halogens is 2. The number of hydrogen-bond donors (Lipinski definition) is 1. The van der Waals surface area contributed by atoms with Crippen molar-refractivity contribution < 1.29 is 14.0 Å². The fourth-order valence-corrected chi connectivity index (χ4v) is 5.67. The third kappa shape index (κ3) is 4.78. The Labute approximate surface area is 209 Å². The fraction of sp³-hybridized carbons (Fsp3) is 0.444. The van der Waals surface area contributed by atoms with Gasteiger partial charge in [0.05, 0.1) is 22.7 Å². The van der Waals surface area contributed by atoms with E-state index in [1.165, 1.54) is 12.1 Å². The molecule has 5 rings (SSSR count). The van der Waals surface area contributed by atoms with Crippen LogP contribution < -0.4 is 5.32 Å². The second-order valence-electron chi connectivity index (χ2n) is 10.0. The number of benzene rings is 2. The van der Waals surface area contributed by atoms with Crippen molar-refractivity contribution in [1.82, 2.24) is 15.1 Å². The molecule has 2 amide bonds. The van der Waals surface area contributed by atoms with E-state index < -0.39 is 11.2 Å². The number of amides is 2. The molecule has 3 fully saturated rings. The van der Waals surface area contributed by atoms with Crippen LogP contribution in [0.4, 0.5) is 4.39 Å². The summed E-state index contributed by atoms with van der Waals surface area (Å²) in [6.45, 7) is 3.70. The summed E-state index contributed by atoms with van der Waals surface area (Å²) in [4.78, 5) is 29.8. The second kappa shape index (κ2) is 9.60. The molecule has 2 aromatic rings. The molecule has 1 saturated carbocycles. The Bertz CT molecular complexity index is 1130. The van der Waals surface area contributed by atoms with Crippen molar-refractivity contribution in [3.63, 3.8) is 0 Å². The van der Waals surface area contributed by atoms with Gasteiger partial charge in [-0.2, -0.15) is 5.26 Å². The molecule has 1 aliphatic carbocycles. The molecule has 3 aliphatic rings. The highest BCUT2D eigenvalue weighted by Gasteiger charge is 2.51. The summed E-state index contributed by atoms with van der Waals surface area (Å²) in [5.74, 6) is -0.426. The number of carbonyl (C=O) groups is 2. The summed E-state index contributed by atoms with van der Waals surface area (Å²) in [7, 11) is 0. The summed E-state index contributed by atoms with van der Waals surface area (Å²) < 4.78 is 14.2. The van der Waals surface area contributed by atoms with E-state index in [9.17, 15) is 19.2 Å². The number of fused-ring (bicyclic) bond motifs is 1. The normalized spacial score (nSPS) is 23.4. The predicted molar refractivity (Wildman–Crippen MR) is 130 cm³/mol. The highest BCUT2D eigenvalue weighted by molar-refractivity contribution is 6.33. The van der Waals surface area contributed by atoms with E-state index in [1.807, 2.05) is 30.3 Å². The van der Waals surface area contributed by atoms with Gasteiger partial charge in [0.15, 0.2) is 0 Å². The van der Waals surface area contributed by atoms with Crippen LogP contribution in [0.3, 0.4) is 0 Å². The zero-order valence-electron chi connectivity index (χ0n) is 19.4. The third-order valence-electron chi connectivity index (χ3n) is 7.67. The molecule has 2 saturated heterocycles. The van der Waals surface area contributed by atoms with Crippen molar-refractivity contribution in [1.29, 1.82) is 5.26 Å². The van der Waals surface area contributed by atoms with Crippen molar-refractivity contribution >= 4 is 23.4 Å². The molecule has 0 radical (unpaired) electrons. The Morgan fingerprint density at radius 1 is 1.09 bits per heavy atom. The van der Waals surface area contributed by atoms with Crippen LogP contribution in [0.2, 0.25) is 5.02 Å². The van der Waals surface area contributed by atoms with Gasteiger partial charge >= 0.3 is 0 Å². The van der Waals surface area contributed by atoms with E-state index in [-0.39, 0.29) is 28.4 Å². The minimum absolute atomic E-state index is 0.0433. The van der Waals surface area contributed by atoms with Crippen LogP contribution in [0, 0.1) is 34.4 Å². The van der Waals surface area contributed by atoms with Gasteiger partial charge < -0.3 is 15.1 Å². The first-order chi connectivity index (χ1) is 16.9. The van der Waals surface area contributed by atoms with E-state index in [2.05, 4.69) is 16.3 Å². The molecule has 0 spiro atoms. The van der Waals surface area contributed by atoms with Crippen molar-refractivity contribution in [3.8, 4) is 6.07 Å². The van der Waals surface area contributed by atoms with Crippen LogP contribution in [0.5, 0.6) is 0 Å². The van der Waals surface area contributed by atoms with Gasteiger partial charge in [-0.25, -0.2) is 4.39 Å². The zero-order chi connectivity index (χ0) is 24.6. The smallest absolute Gasteiger partial charge is 0.258 e. The molecule has 2 unspecified atom stereocenters. The van der Waals surface area contributed by atoms with E-state index in [1.54, 1.807) is 11.0 Å². The molecule has 0 aromatic heterocycles. The van der Waals surface area contributed by atoms with Gasteiger partial charge in [0.1, 0.15) is 11.2 Å². The average molecular weight is 495 g/mol. The summed E-state index contributed by atoms with van der Waals surface area (Å²) in [5, 5.41) is 12.7. The van der Waals surface area contributed by atoms with Gasteiger partial charge in [0.2, 0.25) is 5.91 Å². The van der Waals surface area contributed by atoms with Crippen molar-refractivity contribution in [2.24, 2.45) is 17.3 Å². The van der Waals surface area contributed by atoms with Crippen LogP contribution in [0.1, 0.15) is 41.2 Å². The van der Waals surface area contributed by atoms with E-state index in [4.69, 9.17) is 11.6 Å². The summed E-state index contributed by atoms with van der Waals surface area (Å²) in [5.41, 5.74) is 0.139. The quantitative estimate of drug-likeness (QED) is 0.630. The van der Waals surface area contributed by atoms with Gasteiger partial charge in [0.25, 0.3) is 5.91 Å². The number of likely N-dealkylation sites (tertiary alicyclic amines) is 2. The molecule has 3 atom stereocenters. The molecule has 6 nitrogen and oxygen atoms in total. The van der Waals surface area contributed by atoms with Crippen LogP contribution in [0.25, 0.3) is 0 Å². The minimum atomic E-state index is -0.852. The Morgan fingerprint density at radius 2 is 1.77 bits per heavy atom. The number of nitriles is 1. The molecule has 2 aromatic carbocycles. The second-order valence-corrected chi connectivity index (χ2v) is 10.4. The molecular weight excluding hydrogens is 467 g/mol. The van der Waals surface area contributed by atoms with Gasteiger partial charge in [-0.15, -0.1) is 0 Å². The van der Waals surface area contributed by atoms with Gasteiger partial charge in [-0.05, 0) is 48.8 Å². The molecule has 182 valence electrons. The highest BCUT2D eigenvalue weighted by atomic mass is 35.5. The largest absolute Gasteiger partial charge is 0.348 e. The summed E-state index contributed by atoms with van der Waals surface area (Å²) >= 11 is 6.10. The molecule has 8 heteroatoms. The number of nitrogens with zero attached hydrogens (tertiary/aromatic N) is 3. The molecule has 0 bridgehead atoms. The first kappa shape index (κ1) is 23.8. The lowest BCUT2D eigenvalue weighted by molar-refractivity contribution is -0.125. The maximum atomic E-state index is 14.2. The number of carbonyl (C=O) groups excluding carboxylic acids is 2. The van der Waals surface area contributed by atoms with Crippen LogP contribution in [-0.4, -0.2) is 54.3 Å². The van der Waals surface area contributed by atoms with E-state index in [0.717, 1.165) is 31.6 Å². The Kier molecular flexibility index (Phi) is 6.52. The lowest BCUT2D eigenvalue weighted by Crippen LogP contribution is -2.37. The first-order valence-electron chi connectivity index (χ1n) is 12.1. The molecule has 1 N–H and O–H groups in total. The topological polar surface area (TPSA) is 76.4 Å². The maximum Gasteiger partial charge on any atom is 0.258 e. The summed E-state index contributed by atoms with van der Waals surface area (Å²) in [6, 6.07) is 16.2. The third-order valence-corrected chi connectivity index (χ3v) is 7.98. The maximum absolute atomic E-state index is 14.2. The van der Waals surface area contributed by atoms with E-state index in [0.29, 0.717) is 37.8 Å². The number of nitrogens with one attached hydrogen (secondary N) is 1. The molecule has 2 aliphatic heterocycles. The predicted octanol–water partition coefficient (Wildman–Crippen LogP) is 4.03. The van der Waals surface area contributed by atoms with Gasteiger partial charge in [-0.1, -0.05) is 48.0 Å². The van der Waals surface area contributed by atoms with Crippen LogP contribution in [0.15, 0.2) is 48.5 Å². The Balaban J connectivity index is 1.18. The van der Waals surface area contributed by atoms with Crippen LogP contribution >= 0.6 is 11.6 Å². The minimum Gasteiger partial charge on any atom is -0.348 e. The van der Waals surface area contributed by atoms with Crippen LogP contribution in [-0.2, 0) is 4.79 Å². The molecule has 2 heterocycles. The fourth-order valence-electron chi connectivity index (χ4n) is 5.43. The van der Waals surface area contributed by atoms with Gasteiger partial charge in [-0.3, -0.25) is 9.59 Å². The average Bonchev–Trinajstić information content (AvgIpc) is 3.43. The standard InChI is InChI=1S/C27H28ClFN4O2/c28-21-7-4-8-22(29)24(21)25(34)33-15-19-13-32(14-20(19)16-33)12-9-23(18-5-2-1-3-6-18)31-26(35)27(17-30)10-11-27/h1-8,19-20,23H,9-16H2,(H,31,35)/t19?,20?,23-/m0/s1. The zero-order valence-corrected chi connectivity index (χ0v) is 20.2. The van der Waals surface area contributed by atoms with Crippen molar-refractivity contribution in [2.75, 3.05) is 32.7 Å². The SMILES string of the molecule is N#CC1(C(=O)N[C@@H](CCN2CC3CN(C(=O)c4c(F)cccc4Cl)CC3C2)c2ccccc2)CC1. The highest BCUT2D eigenvalue weighted by Crippen LogP contribution is 2.45. The van der Waals surface area contributed by atoms with Gasteiger partial charge in [0, 0.05) is 32.7 Å². The molecule has 35 heavy (non-hydrogen) atoms. The summed E-state index contributed by atoms with van der Waals surface area (Å²) in [6.07, 6.45) is 1.99. The first-order valence-corrected chi connectivity index (χ1v) is 12.5. The van der Waals surface area contributed by atoms with Crippen molar-refractivity contribution in [2.45, 2.75) is 25.3 Å².